The molecule has 0 radical (unpaired) electrons. The zero-order chi connectivity index (χ0) is 14.7. The minimum atomic E-state index is 0.253. The number of hydrogen-bond donors (Lipinski definition) is 1. The Kier molecular flexibility index (Phi) is 4.17. The Bertz CT molecular complexity index is 582. The average molecular weight is 288 g/mol. The normalized spacial score (nSPS) is 19.6. The van der Waals surface area contributed by atoms with E-state index in [1.807, 2.05) is 24.3 Å². The van der Waals surface area contributed by atoms with Crippen molar-refractivity contribution in [3.8, 4) is 17.1 Å². The molecule has 1 atom stereocenters. The summed E-state index contributed by atoms with van der Waals surface area (Å²) in [6.07, 6.45) is 2.22. The monoisotopic (exact) mass is 288 g/mol. The molecular weight excluding hydrogens is 268 g/mol. The van der Waals surface area contributed by atoms with E-state index in [9.17, 15) is 0 Å². The van der Waals surface area contributed by atoms with E-state index in [0.717, 1.165) is 37.2 Å². The molecule has 1 aromatic heterocycles. The van der Waals surface area contributed by atoms with Crippen molar-refractivity contribution in [2.45, 2.75) is 25.4 Å². The molecule has 2 aromatic rings. The molecule has 0 bridgehead atoms. The Balaban J connectivity index is 1.67. The van der Waals surface area contributed by atoms with Gasteiger partial charge in [0.05, 0.1) is 13.7 Å². The minimum Gasteiger partial charge on any atom is -0.497 e. The van der Waals surface area contributed by atoms with E-state index in [2.05, 4.69) is 15.0 Å². The largest absolute Gasteiger partial charge is 0.497 e. The molecule has 6 heteroatoms. The number of hydrogen-bond acceptors (Lipinski definition) is 6. The van der Waals surface area contributed by atoms with E-state index in [-0.39, 0.29) is 6.04 Å². The van der Waals surface area contributed by atoms with Crippen molar-refractivity contribution in [3.05, 3.63) is 30.2 Å². The Morgan fingerprint density at radius 2 is 2.19 bits per heavy atom. The van der Waals surface area contributed by atoms with Crippen LogP contribution in [0.1, 0.15) is 18.7 Å². The van der Waals surface area contributed by atoms with E-state index in [1.54, 1.807) is 7.11 Å². The Labute approximate surface area is 123 Å². The van der Waals surface area contributed by atoms with Gasteiger partial charge in [-0.15, -0.1) is 0 Å². The third kappa shape index (κ3) is 3.40. The van der Waals surface area contributed by atoms with Gasteiger partial charge in [0.2, 0.25) is 11.7 Å². The lowest BCUT2D eigenvalue weighted by Crippen LogP contribution is -2.42. The smallest absolute Gasteiger partial charge is 0.241 e. The fourth-order valence-corrected chi connectivity index (χ4v) is 2.60. The summed E-state index contributed by atoms with van der Waals surface area (Å²) in [5.41, 5.74) is 6.90. The van der Waals surface area contributed by atoms with Gasteiger partial charge in [-0.1, -0.05) is 5.16 Å². The molecule has 1 saturated heterocycles. The zero-order valence-corrected chi connectivity index (χ0v) is 12.2. The maximum absolute atomic E-state index is 5.98. The second-order valence-corrected chi connectivity index (χ2v) is 5.38. The third-order valence-electron chi connectivity index (χ3n) is 3.72. The van der Waals surface area contributed by atoms with Crippen LogP contribution in [0, 0.1) is 0 Å². The molecule has 2 heterocycles. The number of aromatic nitrogens is 2. The number of rotatable bonds is 4. The molecule has 1 aliphatic heterocycles. The van der Waals surface area contributed by atoms with E-state index < -0.39 is 0 Å². The van der Waals surface area contributed by atoms with Gasteiger partial charge in [0.25, 0.3) is 0 Å². The van der Waals surface area contributed by atoms with Gasteiger partial charge < -0.3 is 15.0 Å². The predicted octanol–water partition coefficient (Wildman–Crippen LogP) is 1.67. The SMILES string of the molecule is COc1ccc(-c2noc(CN3CCCC(N)C3)n2)cc1. The topological polar surface area (TPSA) is 77.4 Å². The highest BCUT2D eigenvalue weighted by molar-refractivity contribution is 5.55. The van der Waals surface area contributed by atoms with Gasteiger partial charge in [-0.05, 0) is 43.7 Å². The molecule has 0 saturated carbocycles. The molecule has 112 valence electrons. The van der Waals surface area contributed by atoms with E-state index in [1.165, 1.54) is 0 Å². The molecular formula is C15H20N4O2. The summed E-state index contributed by atoms with van der Waals surface area (Å²) in [5, 5.41) is 4.04. The Hall–Kier alpha value is -1.92. The lowest BCUT2D eigenvalue weighted by Gasteiger charge is -2.29. The van der Waals surface area contributed by atoms with Crippen LogP contribution >= 0.6 is 0 Å². The van der Waals surface area contributed by atoms with Crippen molar-refractivity contribution in [1.82, 2.24) is 15.0 Å². The molecule has 6 nitrogen and oxygen atoms in total. The fourth-order valence-electron chi connectivity index (χ4n) is 2.60. The Morgan fingerprint density at radius 1 is 1.38 bits per heavy atom. The first-order chi connectivity index (χ1) is 10.2. The second-order valence-electron chi connectivity index (χ2n) is 5.38. The minimum absolute atomic E-state index is 0.253. The van der Waals surface area contributed by atoms with Gasteiger partial charge >= 0.3 is 0 Å². The lowest BCUT2D eigenvalue weighted by atomic mass is 10.1. The van der Waals surface area contributed by atoms with Crippen LogP contribution in [0.2, 0.25) is 0 Å². The van der Waals surface area contributed by atoms with Gasteiger partial charge in [-0.3, -0.25) is 4.90 Å². The van der Waals surface area contributed by atoms with Crippen LogP contribution in [0.4, 0.5) is 0 Å². The molecule has 0 spiro atoms. The van der Waals surface area contributed by atoms with Gasteiger partial charge in [0, 0.05) is 18.2 Å². The first kappa shape index (κ1) is 14.0. The number of piperidine rings is 1. The van der Waals surface area contributed by atoms with Gasteiger partial charge in [0.1, 0.15) is 5.75 Å². The summed E-state index contributed by atoms with van der Waals surface area (Å²) < 4.78 is 10.5. The van der Waals surface area contributed by atoms with Gasteiger partial charge in [-0.2, -0.15) is 4.98 Å². The molecule has 1 fully saturated rings. The molecule has 2 N–H and O–H groups in total. The summed E-state index contributed by atoms with van der Waals surface area (Å²) in [4.78, 5) is 6.72. The maximum Gasteiger partial charge on any atom is 0.241 e. The molecule has 3 rings (SSSR count). The highest BCUT2D eigenvalue weighted by atomic mass is 16.5. The second kappa shape index (κ2) is 6.24. The number of methoxy groups -OCH3 is 1. The van der Waals surface area contributed by atoms with Crippen molar-refractivity contribution in [1.29, 1.82) is 0 Å². The summed E-state index contributed by atoms with van der Waals surface area (Å²) in [5.74, 6) is 2.05. The van der Waals surface area contributed by atoms with Crippen molar-refractivity contribution < 1.29 is 9.26 Å². The highest BCUT2D eigenvalue weighted by Crippen LogP contribution is 2.20. The quantitative estimate of drug-likeness (QED) is 0.922. The molecule has 1 unspecified atom stereocenters. The van der Waals surface area contributed by atoms with Crippen LogP contribution in [-0.4, -0.2) is 41.3 Å². The number of ether oxygens (including phenoxy) is 1. The van der Waals surface area contributed by atoms with Crippen LogP contribution < -0.4 is 10.5 Å². The first-order valence-electron chi connectivity index (χ1n) is 7.19. The molecule has 21 heavy (non-hydrogen) atoms. The van der Waals surface area contributed by atoms with Crippen LogP contribution in [0.15, 0.2) is 28.8 Å². The number of likely N-dealkylation sites (tertiary alicyclic amines) is 1. The molecule has 1 aromatic carbocycles. The summed E-state index contributed by atoms with van der Waals surface area (Å²) in [6.45, 7) is 2.59. The van der Waals surface area contributed by atoms with Crippen molar-refractivity contribution in [3.63, 3.8) is 0 Å². The summed E-state index contributed by atoms with van der Waals surface area (Å²) in [6, 6.07) is 7.86. The Morgan fingerprint density at radius 3 is 2.90 bits per heavy atom. The highest BCUT2D eigenvalue weighted by Gasteiger charge is 2.19. The predicted molar refractivity (Wildman–Crippen MR) is 78.8 cm³/mol. The number of benzene rings is 1. The lowest BCUT2D eigenvalue weighted by molar-refractivity contribution is 0.178. The maximum atomic E-state index is 5.98. The van der Waals surface area contributed by atoms with E-state index in [0.29, 0.717) is 18.3 Å². The van der Waals surface area contributed by atoms with Gasteiger partial charge in [0.15, 0.2) is 0 Å². The number of nitrogens with two attached hydrogens (primary N) is 1. The number of nitrogens with zero attached hydrogens (tertiary/aromatic N) is 3. The summed E-state index contributed by atoms with van der Waals surface area (Å²) >= 11 is 0. The van der Waals surface area contributed by atoms with Crippen molar-refractivity contribution >= 4 is 0 Å². The standard InChI is InChI=1S/C15H20N4O2/c1-20-13-6-4-11(5-7-13)15-17-14(21-18-15)10-19-8-2-3-12(16)9-19/h4-7,12H,2-3,8-10,16H2,1H3. The molecule has 1 aliphatic rings. The zero-order valence-electron chi connectivity index (χ0n) is 12.2. The van der Waals surface area contributed by atoms with Crippen LogP contribution in [0.5, 0.6) is 5.75 Å². The summed E-state index contributed by atoms with van der Waals surface area (Å²) in [7, 11) is 1.64. The third-order valence-corrected chi connectivity index (χ3v) is 3.72. The van der Waals surface area contributed by atoms with Crippen molar-refractivity contribution in [2.75, 3.05) is 20.2 Å². The van der Waals surface area contributed by atoms with Crippen molar-refractivity contribution in [2.24, 2.45) is 5.73 Å². The van der Waals surface area contributed by atoms with E-state index >= 15 is 0 Å². The molecule has 0 amide bonds. The molecule has 0 aliphatic carbocycles. The van der Waals surface area contributed by atoms with Crippen LogP contribution in [0.3, 0.4) is 0 Å². The van der Waals surface area contributed by atoms with Crippen LogP contribution in [-0.2, 0) is 6.54 Å². The van der Waals surface area contributed by atoms with Gasteiger partial charge in [-0.25, -0.2) is 0 Å². The first-order valence-corrected chi connectivity index (χ1v) is 7.19. The van der Waals surface area contributed by atoms with Crippen LogP contribution in [0.25, 0.3) is 11.4 Å². The fraction of sp³-hybridized carbons (Fsp3) is 0.467. The van der Waals surface area contributed by atoms with E-state index in [4.69, 9.17) is 15.0 Å². The average Bonchev–Trinajstić information content (AvgIpc) is 2.96.